The van der Waals surface area contributed by atoms with Crippen LogP contribution in [0.15, 0.2) is 18.3 Å². The molecule has 1 aliphatic heterocycles. The van der Waals surface area contributed by atoms with Crippen molar-refractivity contribution in [1.82, 2.24) is 9.29 Å². The second-order valence-electron chi connectivity index (χ2n) is 5.01. The zero-order valence-electron chi connectivity index (χ0n) is 11.9. The number of rotatable bonds is 4. The molecular formula is C13H21N3O3S. The molecule has 0 aliphatic carbocycles. The first-order valence-electron chi connectivity index (χ1n) is 6.76. The average Bonchev–Trinajstić information content (AvgIpc) is 2.46. The highest BCUT2D eigenvalue weighted by atomic mass is 32.2. The Morgan fingerprint density at radius 2 is 1.95 bits per heavy atom. The third-order valence-corrected chi connectivity index (χ3v) is 4.87. The lowest BCUT2D eigenvalue weighted by molar-refractivity contribution is 0.169. The third kappa shape index (κ3) is 3.47. The van der Waals surface area contributed by atoms with Crippen LogP contribution in [0.4, 0.5) is 5.69 Å². The predicted octanol–water partition coefficient (Wildman–Crippen LogP) is 0.607. The van der Waals surface area contributed by atoms with Crippen molar-refractivity contribution in [3.8, 4) is 0 Å². The number of hydrogen-bond donors (Lipinski definition) is 1. The fraction of sp³-hybridized carbons (Fsp3) is 0.615. The number of aliphatic hydroxyl groups excluding tert-OH is 1. The first-order chi connectivity index (χ1) is 9.41. The summed E-state index contributed by atoms with van der Waals surface area (Å²) in [6.45, 7) is 4.22. The maximum atomic E-state index is 11.4. The van der Waals surface area contributed by atoms with E-state index >= 15 is 0 Å². The molecule has 1 aliphatic rings. The summed E-state index contributed by atoms with van der Waals surface area (Å²) < 4.78 is 24.4. The summed E-state index contributed by atoms with van der Waals surface area (Å²) in [5, 5.41) is 9.71. The van der Waals surface area contributed by atoms with Gasteiger partial charge >= 0.3 is 0 Å². The van der Waals surface area contributed by atoms with Crippen molar-refractivity contribution in [3.63, 3.8) is 0 Å². The van der Waals surface area contributed by atoms with Gasteiger partial charge in [-0.05, 0) is 18.6 Å². The van der Waals surface area contributed by atoms with Crippen molar-refractivity contribution in [3.05, 3.63) is 24.0 Å². The Bertz CT molecular complexity index is 536. The highest BCUT2D eigenvalue weighted by Gasteiger charge is 2.23. The number of pyridine rings is 1. The van der Waals surface area contributed by atoms with E-state index in [2.05, 4.69) is 9.88 Å². The van der Waals surface area contributed by atoms with Gasteiger partial charge in [0.25, 0.3) is 0 Å². The molecule has 1 aromatic heterocycles. The Hall–Kier alpha value is -1.18. The van der Waals surface area contributed by atoms with Crippen LogP contribution in [0.1, 0.15) is 25.1 Å². The van der Waals surface area contributed by atoms with E-state index in [1.165, 1.54) is 10.6 Å². The van der Waals surface area contributed by atoms with Crippen LogP contribution in [-0.4, -0.2) is 55.2 Å². The van der Waals surface area contributed by atoms with E-state index in [-0.39, 0.29) is 0 Å². The first kappa shape index (κ1) is 15.2. The molecule has 0 bridgehead atoms. The zero-order chi connectivity index (χ0) is 14.8. The minimum absolute atomic E-state index is 0.498. The Labute approximate surface area is 120 Å². The minimum atomic E-state index is -3.09. The number of nitrogens with zero attached hydrogens (tertiary/aromatic N) is 3. The number of sulfonamides is 1. The number of hydrogen-bond acceptors (Lipinski definition) is 5. The normalized spacial score (nSPS) is 19.1. The molecular weight excluding hydrogens is 278 g/mol. The van der Waals surface area contributed by atoms with E-state index in [0.717, 1.165) is 5.69 Å². The lowest BCUT2D eigenvalue weighted by atomic mass is 10.2. The van der Waals surface area contributed by atoms with Crippen molar-refractivity contribution >= 4 is 15.7 Å². The molecule has 0 radical (unpaired) electrons. The molecule has 6 nitrogen and oxygen atoms in total. The molecule has 0 amide bonds. The summed E-state index contributed by atoms with van der Waals surface area (Å²) >= 11 is 0. The van der Waals surface area contributed by atoms with Gasteiger partial charge in [-0.15, -0.1) is 0 Å². The average molecular weight is 299 g/mol. The van der Waals surface area contributed by atoms with Crippen LogP contribution >= 0.6 is 0 Å². The highest BCUT2D eigenvalue weighted by Crippen LogP contribution is 2.20. The van der Waals surface area contributed by atoms with Gasteiger partial charge in [-0.25, -0.2) is 8.42 Å². The van der Waals surface area contributed by atoms with Crippen LogP contribution in [0.5, 0.6) is 0 Å². The molecule has 1 fully saturated rings. The molecule has 1 aromatic rings. The zero-order valence-corrected chi connectivity index (χ0v) is 12.7. The minimum Gasteiger partial charge on any atom is -0.387 e. The summed E-state index contributed by atoms with van der Waals surface area (Å²) in [6, 6.07) is 3.75. The molecule has 1 saturated heterocycles. The van der Waals surface area contributed by atoms with Crippen molar-refractivity contribution in [2.75, 3.05) is 37.3 Å². The van der Waals surface area contributed by atoms with Crippen LogP contribution in [0.3, 0.4) is 0 Å². The van der Waals surface area contributed by atoms with Crippen LogP contribution < -0.4 is 4.90 Å². The molecule has 7 heteroatoms. The van der Waals surface area contributed by atoms with Gasteiger partial charge in [0.1, 0.15) is 0 Å². The van der Waals surface area contributed by atoms with Gasteiger partial charge < -0.3 is 10.0 Å². The Kier molecular flexibility index (Phi) is 4.62. The standard InChI is InChI=1S/C13H21N3O3S/c1-3-13(17)12-5-4-11(10-14-12)15-6-8-16(9-7-15)20(2,18)19/h4-5,10,13,17H,3,6-9H2,1-2H3. The number of anilines is 1. The van der Waals surface area contributed by atoms with Gasteiger partial charge in [-0.2, -0.15) is 4.31 Å². The molecule has 0 spiro atoms. The Morgan fingerprint density at radius 1 is 1.30 bits per heavy atom. The molecule has 2 heterocycles. The van der Waals surface area contributed by atoms with Gasteiger partial charge in [0.05, 0.1) is 29.9 Å². The van der Waals surface area contributed by atoms with Crippen molar-refractivity contribution in [2.24, 2.45) is 0 Å². The molecule has 1 unspecified atom stereocenters. The summed E-state index contributed by atoms with van der Waals surface area (Å²) in [7, 11) is -3.09. The highest BCUT2D eigenvalue weighted by molar-refractivity contribution is 7.88. The molecule has 1 atom stereocenters. The second-order valence-corrected chi connectivity index (χ2v) is 7.00. The van der Waals surface area contributed by atoms with Gasteiger partial charge in [0.2, 0.25) is 10.0 Å². The van der Waals surface area contributed by atoms with Crippen LogP contribution in [0.2, 0.25) is 0 Å². The second kappa shape index (κ2) is 6.07. The Morgan fingerprint density at radius 3 is 2.40 bits per heavy atom. The molecule has 0 aromatic carbocycles. The van der Waals surface area contributed by atoms with E-state index in [9.17, 15) is 13.5 Å². The largest absolute Gasteiger partial charge is 0.387 e. The molecule has 0 saturated carbocycles. The summed E-state index contributed by atoms with van der Waals surface area (Å²) in [4.78, 5) is 6.38. The van der Waals surface area contributed by atoms with Crippen LogP contribution in [-0.2, 0) is 10.0 Å². The topological polar surface area (TPSA) is 73.7 Å². The summed E-state index contributed by atoms with van der Waals surface area (Å²) in [6.07, 6.45) is 3.10. The fourth-order valence-corrected chi connectivity index (χ4v) is 3.10. The van der Waals surface area contributed by atoms with Gasteiger partial charge in [0.15, 0.2) is 0 Å². The van der Waals surface area contributed by atoms with E-state index in [1.807, 2.05) is 19.1 Å². The summed E-state index contributed by atoms with van der Waals surface area (Å²) in [5.41, 5.74) is 1.64. The number of aliphatic hydroxyl groups is 1. The molecule has 20 heavy (non-hydrogen) atoms. The quantitative estimate of drug-likeness (QED) is 0.881. The Balaban J connectivity index is 2.00. The van der Waals surface area contributed by atoms with E-state index in [0.29, 0.717) is 38.3 Å². The lowest BCUT2D eigenvalue weighted by Gasteiger charge is -2.34. The third-order valence-electron chi connectivity index (χ3n) is 3.57. The van der Waals surface area contributed by atoms with E-state index in [4.69, 9.17) is 0 Å². The first-order valence-corrected chi connectivity index (χ1v) is 8.60. The lowest BCUT2D eigenvalue weighted by Crippen LogP contribution is -2.48. The van der Waals surface area contributed by atoms with Gasteiger partial charge in [-0.3, -0.25) is 4.98 Å². The number of aromatic nitrogens is 1. The van der Waals surface area contributed by atoms with Crippen LogP contribution in [0, 0.1) is 0 Å². The van der Waals surface area contributed by atoms with Gasteiger partial charge in [0, 0.05) is 26.2 Å². The fourth-order valence-electron chi connectivity index (χ4n) is 2.27. The van der Waals surface area contributed by atoms with E-state index < -0.39 is 16.1 Å². The number of piperazine rings is 1. The maximum Gasteiger partial charge on any atom is 0.211 e. The molecule has 112 valence electrons. The van der Waals surface area contributed by atoms with Gasteiger partial charge in [-0.1, -0.05) is 6.92 Å². The summed E-state index contributed by atoms with van der Waals surface area (Å²) in [5.74, 6) is 0. The predicted molar refractivity (Wildman–Crippen MR) is 78.1 cm³/mol. The van der Waals surface area contributed by atoms with Crippen LogP contribution in [0.25, 0.3) is 0 Å². The molecule has 2 rings (SSSR count). The van der Waals surface area contributed by atoms with Crippen molar-refractivity contribution < 1.29 is 13.5 Å². The van der Waals surface area contributed by atoms with Crippen molar-refractivity contribution in [1.29, 1.82) is 0 Å². The van der Waals surface area contributed by atoms with Crippen molar-refractivity contribution in [2.45, 2.75) is 19.4 Å². The smallest absolute Gasteiger partial charge is 0.211 e. The van der Waals surface area contributed by atoms with E-state index in [1.54, 1.807) is 6.20 Å². The maximum absolute atomic E-state index is 11.4. The molecule has 1 N–H and O–H groups in total. The SMILES string of the molecule is CCC(O)c1ccc(N2CCN(S(C)(=O)=O)CC2)cn1. The monoisotopic (exact) mass is 299 g/mol.